The van der Waals surface area contributed by atoms with E-state index in [2.05, 4.69) is 10.7 Å². The summed E-state index contributed by atoms with van der Waals surface area (Å²) in [5.74, 6) is 5.29. The maximum Gasteiger partial charge on any atom is 0.316 e. The van der Waals surface area contributed by atoms with Gasteiger partial charge in [0.05, 0.1) is 17.1 Å². The molecule has 0 unspecified atom stereocenters. The van der Waals surface area contributed by atoms with Gasteiger partial charge < -0.3 is 15.8 Å². The monoisotopic (exact) mass is 268 g/mol. The van der Waals surface area contributed by atoms with E-state index < -0.39 is 10.5 Å². The van der Waals surface area contributed by atoms with Crippen molar-refractivity contribution in [2.75, 3.05) is 17.3 Å². The molecule has 5 N–H and O–H groups in total. The fraction of sp³-hybridized carbons (Fsp3) is 0.500. The molecule has 7 nitrogen and oxygen atoms in total. The summed E-state index contributed by atoms with van der Waals surface area (Å²) in [4.78, 5) is 10.7. The average Bonchev–Trinajstić information content (AvgIpc) is 2.44. The molecule has 0 heterocycles. The first-order chi connectivity index (χ1) is 9.03. The summed E-state index contributed by atoms with van der Waals surface area (Å²) in [5.41, 5.74) is 2.20. The minimum atomic E-state index is -0.571. The Labute approximate surface area is 111 Å². The highest BCUT2D eigenvalue weighted by atomic mass is 16.6. The normalized spacial score (nSPS) is 11.2. The lowest BCUT2D eigenvalue weighted by Crippen LogP contribution is -2.41. The molecular weight excluding hydrogens is 248 g/mol. The number of nitrogens with two attached hydrogens (primary N) is 1. The van der Waals surface area contributed by atoms with Crippen LogP contribution >= 0.6 is 0 Å². The van der Waals surface area contributed by atoms with Gasteiger partial charge in [0.2, 0.25) is 0 Å². The first kappa shape index (κ1) is 15.2. The van der Waals surface area contributed by atoms with Crippen molar-refractivity contribution in [3.05, 3.63) is 28.3 Å². The van der Waals surface area contributed by atoms with Gasteiger partial charge in [0.15, 0.2) is 0 Å². The fourth-order valence-corrected chi connectivity index (χ4v) is 1.93. The second-order valence-electron chi connectivity index (χ2n) is 4.37. The van der Waals surface area contributed by atoms with Gasteiger partial charge in [-0.1, -0.05) is 19.9 Å². The molecule has 0 radical (unpaired) electrons. The Balaban J connectivity index is 3.23. The Kier molecular flexibility index (Phi) is 5.08. The minimum absolute atomic E-state index is 0.0998. The van der Waals surface area contributed by atoms with Crippen molar-refractivity contribution in [2.45, 2.75) is 32.2 Å². The van der Waals surface area contributed by atoms with Gasteiger partial charge in [-0.3, -0.25) is 16.0 Å². The molecule has 0 bridgehead atoms. The lowest BCUT2D eigenvalue weighted by atomic mass is 9.93. The number of hydrogen-bond acceptors (Lipinski definition) is 6. The van der Waals surface area contributed by atoms with Gasteiger partial charge in [0, 0.05) is 0 Å². The molecule has 0 aliphatic carbocycles. The van der Waals surface area contributed by atoms with Crippen LogP contribution in [-0.2, 0) is 0 Å². The van der Waals surface area contributed by atoms with Crippen molar-refractivity contribution in [1.29, 1.82) is 0 Å². The number of aliphatic hydroxyl groups is 1. The smallest absolute Gasteiger partial charge is 0.316 e. The molecule has 0 fully saturated rings. The van der Waals surface area contributed by atoms with Crippen LogP contribution in [0.3, 0.4) is 0 Å². The van der Waals surface area contributed by atoms with Crippen LogP contribution < -0.4 is 16.6 Å². The molecule has 0 saturated carbocycles. The highest BCUT2D eigenvalue weighted by molar-refractivity contribution is 5.76. The predicted molar refractivity (Wildman–Crippen MR) is 74.9 cm³/mol. The third-order valence-electron chi connectivity index (χ3n) is 3.43. The Hall–Kier alpha value is -1.86. The highest BCUT2D eigenvalue weighted by Gasteiger charge is 2.29. The third-order valence-corrected chi connectivity index (χ3v) is 3.43. The number of para-hydroxylation sites is 1. The van der Waals surface area contributed by atoms with Gasteiger partial charge >= 0.3 is 5.69 Å². The van der Waals surface area contributed by atoms with E-state index in [4.69, 9.17) is 5.84 Å². The topological polar surface area (TPSA) is 113 Å². The van der Waals surface area contributed by atoms with Gasteiger partial charge in [0.25, 0.3) is 0 Å². The number of nitro benzene ring substituents is 1. The van der Waals surface area contributed by atoms with E-state index in [1.807, 2.05) is 13.8 Å². The maximum atomic E-state index is 11.2. The quantitative estimate of drug-likeness (QED) is 0.341. The lowest BCUT2D eigenvalue weighted by Gasteiger charge is -2.31. The van der Waals surface area contributed by atoms with Crippen molar-refractivity contribution in [2.24, 2.45) is 5.84 Å². The number of hydrazine groups is 1. The summed E-state index contributed by atoms with van der Waals surface area (Å²) >= 11 is 0. The number of rotatable bonds is 7. The van der Waals surface area contributed by atoms with Crippen LogP contribution in [0.15, 0.2) is 18.2 Å². The molecule has 19 heavy (non-hydrogen) atoms. The summed E-state index contributed by atoms with van der Waals surface area (Å²) in [6, 6.07) is 4.80. The molecule has 0 aliphatic heterocycles. The zero-order valence-corrected chi connectivity index (χ0v) is 11.1. The summed E-state index contributed by atoms with van der Waals surface area (Å²) in [6.07, 6.45) is 1.30. The molecule has 1 aromatic rings. The largest absolute Gasteiger partial charge is 0.394 e. The molecule has 0 atom stereocenters. The Morgan fingerprint density at radius 3 is 2.37 bits per heavy atom. The summed E-state index contributed by atoms with van der Waals surface area (Å²) in [5, 5.41) is 23.8. The second-order valence-corrected chi connectivity index (χ2v) is 4.37. The van der Waals surface area contributed by atoms with Crippen LogP contribution in [-0.4, -0.2) is 22.2 Å². The van der Waals surface area contributed by atoms with Gasteiger partial charge in [0.1, 0.15) is 11.4 Å². The molecule has 0 saturated heterocycles. The standard InChI is InChI=1S/C12H20N4O3/c1-3-12(4-2,8-17)14-9-6-5-7-10(15-13)11(9)16(18)19/h5-7,14-15,17H,3-4,8,13H2,1-2H3. The number of nitrogens with one attached hydrogen (secondary N) is 2. The molecular formula is C12H20N4O3. The number of benzene rings is 1. The molecule has 0 aliphatic rings. The summed E-state index contributed by atoms with van der Waals surface area (Å²) in [7, 11) is 0. The Morgan fingerprint density at radius 1 is 1.37 bits per heavy atom. The van der Waals surface area contributed by atoms with E-state index in [9.17, 15) is 15.2 Å². The predicted octanol–water partition coefficient (Wildman–Crippen LogP) is 1.84. The first-order valence-corrected chi connectivity index (χ1v) is 6.16. The van der Waals surface area contributed by atoms with Gasteiger partial charge in [-0.2, -0.15) is 0 Å². The number of anilines is 2. The van der Waals surface area contributed by atoms with Crippen molar-refractivity contribution in [3.8, 4) is 0 Å². The third kappa shape index (κ3) is 3.12. The van der Waals surface area contributed by atoms with Gasteiger partial charge in [-0.25, -0.2) is 0 Å². The van der Waals surface area contributed by atoms with Crippen LogP contribution in [0, 0.1) is 10.1 Å². The first-order valence-electron chi connectivity index (χ1n) is 6.16. The molecule has 0 spiro atoms. The maximum absolute atomic E-state index is 11.2. The molecule has 1 aromatic carbocycles. The highest BCUT2D eigenvalue weighted by Crippen LogP contribution is 2.35. The van der Waals surface area contributed by atoms with E-state index in [1.165, 1.54) is 6.07 Å². The van der Waals surface area contributed by atoms with Crippen molar-refractivity contribution in [1.82, 2.24) is 0 Å². The zero-order chi connectivity index (χ0) is 14.5. The molecule has 7 heteroatoms. The summed E-state index contributed by atoms with van der Waals surface area (Å²) in [6.45, 7) is 3.74. The van der Waals surface area contributed by atoms with E-state index >= 15 is 0 Å². The molecule has 1 rings (SSSR count). The van der Waals surface area contributed by atoms with Crippen molar-refractivity contribution >= 4 is 17.1 Å². The van der Waals surface area contributed by atoms with E-state index in [-0.39, 0.29) is 18.0 Å². The summed E-state index contributed by atoms with van der Waals surface area (Å²) < 4.78 is 0. The number of nitrogen functional groups attached to an aromatic ring is 1. The minimum Gasteiger partial charge on any atom is -0.394 e. The van der Waals surface area contributed by atoms with Crippen molar-refractivity contribution in [3.63, 3.8) is 0 Å². The Morgan fingerprint density at radius 2 is 1.95 bits per heavy atom. The van der Waals surface area contributed by atoms with Gasteiger partial charge in [-0.05, 0) is 25.0 Å². The SMILES string of the molecule is CCC(CC)(CO)Nc1cccc(NN)c1[N+](=O)[O-]. The molecule has 106 valence electrons. The molecule has 0 aromatic heterocycles. The van der Waals surface area contributed by atoms with E-state index in [0.717, 1.165) is 0 Å². The number of nitrogens with zero attached hydrogens (tertiary/aromatic N) is 1. The zero-order valence-electron chi connectivity index (χ0n) is 11.1. The number of aliphatic hydroxyl groups excluding tert-OH is 1. The van der Waals surface area contributed by atoms with Crippen LogP contribution in [0.25, 0.3) is 0 Å². The fourth-order valence-electron chi connectivity index (χ4n) is 1.93. The van der Waals surface area contributed by atoms with Gasteiger partial charge in [-0.15, -0.1) is 0 Å². The second kappa shape index (κ2) is 6.35. The van der Waals surface area contributed by atoms with Crippen LogP contribution in [0.5, 0.6) is 0 Å². The van der Waals surface area contributed by atoms with E-state index in [0.29, 0.717) is 18.5 Å². The number of hydrogen-bond donors (Lipinski definition) is 4. The van der Waals surface area contributed by atoms with Crippen LogP contribution in [0.4, 0.5) is 17.1 Å². The van der Waals surface area contributed by atoms with Crippen LogP contribution in [0.2, 0.25) is 0 Å². The number of nitro groups is 1. The van der Waals surface area contributed by atoms with Crippen molar-refractivity contribution < 1.29 is 10.0 Å². The average molecular weight is 268 g/mol. The van der Waals surface area contributed by atoms with E-state index in [1.54, 1.807) is 12.1 Å². The lowest BCUT2D eigenvalue weighted by molar-refractivity contribution is -0.383. The molecule has 0 amide bonds. The van der Waals surface area contributed by atoms with Crippen LogP contribution in [0.1, 0.15) is 26.7 Å². The Bertz CT molecular complexity index is 438.